The number of carbonyl (C=O) groups is 1. The van der Waals surface area contributed by atoms with Crippen LogP contribution in [0.3, 0.4) is 0 Å². The molecule has 4 nitrogen and oxygen atoms in total. The molecule has 0 bridgehead atoms. The first-order valence-corrected chi connectivity index (χ1v) is 8.86. The molecule has 1 atom stereocenters. The van der Waals surface area contributed by atoms with Gasteiger partial charge in [0.05, 0.1) is 12.5 Å². The fourth-order valence-corrected chi connectivity index (χ4v) is 3.40. The number of piperazine rings is 1. The van der Waals surface area contributed by atoms with Crippen molar-refractivity contribution >= 4 is 17.5 Å². The Hall–Kier alpha value is -2.42. The van der Waals surface area contributed by atoms with E-state index in [-0.39, 0.29) is 18.1 Å². The molecule has 0 aromatic heterocycles. The molecule has 1 unspecified atom stereocenters. The maximum absolute atomic E-state index is 13.0. The van der Waals surface area contributed by atoms with Crippen LogP contribution < -0.4 is 0 Å². The van der Waals surface area contributed by atoms with E-state index < -0.39 is 6.04 Å². The third kappa shape index (κ3) is 4.21. The summed E-state index contributed by atoms with van der Waals surface area (Å²) in [6.07, 6.45) is 0.256. The SMILES string of the molecule is N#CC(c1ccccc1Cl)N1CCN(C(=O)Cc2ccc(F)cc2)CC1. The van der Waals surface area contributed by atoms with Crippen molar-refractivity contribution in [3.8, 4) is 6.07 Å². The maximum Gasteiger partial charge on any atom is 0.227 e. The van der Waals surface area contributed by atoms with Crippen molar-refractivity contribution in [2.45, 2.75) is 12.5 Å². The number of hydrogen-bond donors (Lipinski definition) is 0. The number of hydrogen-bond acceptors (Lipinski definition) is 3. The van der Waals surface area contributed by atoms with Crippen molar-refractivity contribution in [3.63, 3.8) is 0 Å². The van der Waals surface area contributed by atoms with Crippen molar-refractivity contribution < 1.29 is 9.18 Å². The van der Waals surface area contributed by atoms with Crippen molar-refractivity contribution in [2.75, 3.05) is 26.2 Å². The summed E-state index contributed by atoms with van der Waals surface area (Å²) >= 11 is 6.23. The molecule has 0 N–H and O–H groups in total. The van der Waals surface area contributed by atoms with Crippen molar-refractivity contribution in [3.05, 3.63) is 70.5 Å². The Morgan fingerprint density at radius 1 is 1.12 bits per heavy atom. The van der Waals surface area contributed by atoms with Gasteiger partial charge < -0.3 is 4.90 Å². The Balaban J connectivity index is 1.59. The summed E-state index contributed by atoms with van der Waals surface area (Å²) < 4.78 is 13.0. The van der Waals surface area contributed by atoms with Crippen LogP contribution >= 0.6 is 11.6 Å². The zero-order chi connectivity index (χ0) is 18.5. The van der Waals surface area contributed by atoms with Crippen molar-refractivity contribution in [2.24, 2.45) is 0 Å². The number of nitriles is 1. The Kier molecular flexibility index (Phi) is 5.87. The number of amides is 1. The predicted octanol–water partition coefficient (Wildman–Crippen LogP) is 3.43. The zero-order valence-corrected chi connectivity index (χ0v) is 15.0. The molecule has 0 saturated carbocycles. The number of nitrogens with zero attached hydrogens (tertiary/aromatic N) is 3. The second-order valence-corrected chi connectivity index (χ2v) is 6.68. The largest absolute Gasteiger partial charge is 0.340 e. The zero-order valence-electron chi connectivity index (χ0n) is 14.2. The topological polar surface area (TPSA) is 47.3 Å². The van der Waals surface area contributed by atoms with Gasteiger partial charge >= 0.3 is 0 Å². The highest BCUT2D eigenvalue weighted by Crippen LogP contribution is 2.27. The normalized spacial score (nSPS) is 16.1. The van der Waals surface area contributed by atoms with E-state index in [1.807, 2.05) is 23.1 Å². The summed E-state index contributed by atoms with van der Waals surface area (Å²) in [4.78, 5) is 16.3. The molecule has 1 aliphatic rings. The van der Waals surface area contributed by atoms with E-state index in [2.05, 4.69) is 6.07 Å². The van der Waals surface area contributed by atoms with Gasteiger partial charge in [-0.05, 0) is 23.8 Å². The van der Waals surface area contributed by atoms with E-state index in [1.165, 1.54) is 12.1 Å². The molecule has 1 amide bonds. The van der Waals surface area contributed by atoms with E-state index >= 15 is 0 Å². The molecule has 2 aromatic rings. The average molecular weight is 372 g/mol. The van der Waals surface area contributed by atoms with Crippen LogP contribution in [-0.2, 0) is 11.2 Å². The molecule has 1 saturated heterocycles. The summed E-state index contributed by atoms with van der Waals surface area (Å²) in [7, 11) is 0. The average Bonchev–Trinajstić information content (AvgIpc) is 2.66. The van der Waals surface area contributed by atoms with Crippen molar-refractivity contribution in [1.29, 1.82) is 5.26 Å². The highest BCUT2D eigenvalue weighted by molar-refractivity contribution is 6.31. The van der Waals surface area contributed by atoms with Gasteiger partial charge in [-0.15, -0.1) is 0 Å². The third-order valence-electron chi connectivity index (χ3n) is 4.62. The number of carbonyl (C=O) groups excluding carboxylic acids is 1. The van der Waals surface area contributed by atoms with Gasteiger partial charge in [0.1, 0.15) is 11.9 Å². The van der Waals surface area contributed by atoms with Crippen LogP contribution in [0.5, 0.6) is 0 Å². The summed E-state index contributed by atoms with van der Waals surface area (Å²) in [5.41, 5.74) is 1.59. The predicted molar refractivity (Wildman–Crippen MR) is 98.1 cm³/mol. The van der Waals surface area contributed by atoms with E-state index in [0.717, 1.165) is 11.1 Å². The lowest BCUT2D eigenvalue weighted by Crippen LogP contribution is -2.49. The molecule has 1 aliphatic heterocycles. The molecule has 1 fully saturated rings. The molecule has 6 heteroatoms. The first kappa shape index (κ1) is 18.4. The summed E-state index contributed by atoms with van der Waals surface area (Å²) in [6, 6.07) is 15.2. The minimum absolute atomic E-state index is 0.0162. The van der Waals surface area contributed by atoms with Gasteiger partial charge in [0.15, 0.2) is 0 Å². The van der Waals surface area contributed by atoms with E-state index in [9.17, 15) is 14.4 Å². The van der Waals surface area contributed by atoms with Gasteiger partial charge in [0, 0.05) is 36.8 Å². The van der Waals surface area contributed by atoms with Gasteiger partial charge in [0.25, 0.3) is 0 Å². The lowest BCUT2D eigenvalue weighted by Gasteiger charge is -2.37. The summed E-state index contributed by atoms with van der Waals surface area (Å²) in [5.74, 6) is -0.292. The van der Waals surface area contributed by atoms with Crippen LogP contribution in [0.25, 0.3) is 0 Å². The number of benzene rings is 2. The van der Waals surface area contributed by atoms with Gasteiger partial charge in [-0.2, -0.15) is 5.26 Å². The third-order valence-corrected chi connectivity index (χ3v) is 4.97. The molecule has 0 spiro atoms. The standard InChI is InChI=1S/C20H19ClFN3O/c21-18-4-2-1-3-17(18)19(14-23)24-9-11-25(12-10-24)20(26)13-15-5-7-16(22)8-6-15/h1-8,19H,9-13H2. The minimum atomic E-state index is -0.418. The maximum atomic E-state index is 13.0. The smallest absolute Gasteiger partial charge is 0.227 e. The molecule has 0 aliphatic carbocycles. The molecule has 134 valence electrons. The fraction of sp³-hybridized carbons (Fsp3) is 0.300. The van der Waals surface area contributed by atoms with Crippen LogP contribution in [-0.4, -0.2) is 41.9 Å². The fourth-order valence-electron chi connectivity index (χ4n) is 3.16. The molecule has 2 aromatic carbocycles. The van der Waals surface area contributed by atoms with Crippen LogP contribution in [0.1, 0.15) is 17.2 Å². The first-order chi connectivity index (χ1) is 12.6. The van der Waals surface area contributed by atoms with E-state index in [1.54, 1.807) is 23.1 Å². The van der Waals surface area contributed by atoms with Gasteiger partial charge in [-0.3, -0.25) is 9.69 Å². The highest BCUT2D eigenvalue weighted by atomic mass is 35.5. The molecule has 0 radical (unpaired) electrons. The van der Waals surface area contributed by atoms with Crippen LogP contribution in [0.2, 0.25) is 5.02 Å². The van der Waals surface area contributed by atoms with Crippen LogP contribution in [0.4, 0.5) is 4.39 Å². The molecular weight excluding hydrogens is 353 g/mol. The Bertz CT molecular complexity index is 811. The first-order valence-electron chi connectivity index (χ1n) is 8.49. The van der Waals surface area contributed by atoms with Gasteiger partial charge in [0.2, 0.25) is 5.91 Å². The second-order valence-electron chi connectivity index (χ2n) is 6.27. The monoisotopic (exact) mass is 371 g/mol. The summed E-state index contributed by atoms with van der Waals surface area (Å²) in [5, 5.41) is 10.2. The Labute approximate surface area is 157 Å². The number of rotatable bonds is 4. The molecular formula is C20H19ClFN3O. The second kappa shape index (κ2) is 8.31. The lowest BCUT2D eigenvalue weighted by molar-refractivity contribution is -0.132. The molecule has 26 heavy (non-hydrogen) atoms. The number of halogens is 2. The van der Waals surface area contributed by atoms with Gasteiger partial charge in [-0.1, -0.05) is 41.9 Å². The Morgan fingerprint density at radius 3 is 2.38 bits per heavy atom. The molecule has 1 heterocycles. The highest BCUT2D eigenvalue weighted by Gasteiger charge is 2.28. The molecule has 3 rings (SSSR count). The Morgan fingerprint density at radius 2 is 1.77 bits per heavy atom. The quantitative estimate of drug-likeness (QED) is 0.827. The van der Waals surface area contributed by atoms with E-state index in [0.29, 0.717) is 31.2 Å². The van der Waals surface area contributed by atoms with Crippen LogP contribution in [0.15, 0.2) is 48.5 Å². The minimum Gasteiger partial charge on any atom is -0.340 e. The van der Waals surface area contributed by atoms with Crippen molar-refractivity contribution in [1.82, 2.24) is 9.80 Å². The van der Waals surface area contributed by atoms with Gasteiger partial charge in [-0.25, -0.2) is 4.39 Å². The lowest BCUT2D eigenvalue weighted by atomic mass is 10.1. The summed E-state index contributed by atoms with van der Waals surface area (Å²) in [6.45, 7) is 2.34. The van der Waals surface area contributed by atoms with E-state index in [4.69, 9.17) is 11.6 Å². The van der Waals surface area contributed by atoms with Crippen LogP contribution in [0, 0.1) is 17.1 Å².